The molecule has 0 radical (unpaired) electrons. The number of rotatable bonds is 8. The summed E-state index contributed by atoms with van der Waals surface area (Å²) in [6.45, 7) is 11.0. The molecular formula is C23H39IN4O2. The molecule has 1 aromatic rings. The van der Waals surface area contributed by atoms with E-state index in [1.165, 1.54) is 31.5 Å². The molecule has 2 aliphatic heterocycles. The maximum atomic E-state index is 6.12. The first-order valence-corrected chi connectivity index (χ1v) is 11.2. The SMILES string of the molecule is CCN1CCCC(CNC(=NC)NCc2ccc(C)cc2OCC2CCCO2)C1.I. The third kappa shape index (κ3) is 7.89. The first-order valence-electron chi connectivity index (χ1n) is 11.2. The Morgan fingerprint density at radius 2 is 2.13 bits per heavy atom. The zero-order valence-corrected chi connectivity index (χ0v) is 21.1. The predicted molar refractivity (Wildman–Crippen MR) is 134 cm³/mol. The van der Waals surface area contributed by atoms with Crippen LogP contribution in [0.2, 0.25) is 0 Å². The van der Waals surface area contributed by atoms with Crippen molar-refractivity contribution < 1.29 is 9.47 Å². The standard InChI is InChI=1S/C23H38N4O2.HI/c1-4-27-11-5-7-19(16-27)14-25-23(24-3)26-15-20-10-9-18(2)13-22(20)29-17-21-8-6-12-28-21;/h9-10,13,19,21H,4-8,11-12,14-17H2,1-3H3,(H2,24,25,26);1H. The van der Waals surface area contributed by atoms with Crippen molar-refractivity contribution in [2.45, 2.75) is 52.2 Å². The Balaban J connectivity index is 0.00000320. The molecule has 2 heterocycles. The molecule has 3 rings (SSSR count). The average molecular weight is 530 g/mol. The van der Waals surface area contributed by atoms with Crippen LogP contribution in [-0.2, 0) is 11.3 Å². The summed E-state index contributed by atoms with van der Waals surface area (Å²) in [5, 5.41) is 6.97. The molecule has 2 fully saturated rings. The van der Waals surface area contributed by atoms with Crippen LogP contribution >= 0.6 is 24.0 Å². The first-order chi connectivity index (χ1) is 14.2. The van der Waals surface area contributed by atoms with E-state index in [1.54, 1.807) is 0 Å². The van der Waals surface area contributed by atoms with Gasteiger partial charge in [-0.2, -0.15) is 0 Å². The van der Waals surface area contributed by atoms with Gasteiger partial charge in [-0.05, 0) is 63.2 Å². The molecule has 2 atom stereocenters. The van der Waals surface area contributed by atoms with Gasteiger partial charge < -0.3 is 25.0 Å². The number of hydrogen-bond donors (Lipinski definition) is 2. The van der Waals surface area contributed by atoms with Crippen LogP contribution < -0.4 is 15.4 Å². The van der Waals surface area contributed by atoms with E-state index in [4.69, 9.17) is 9.47 Å². The molecule has 0 aromatic heterocycles. The number of guanidine groups is 1. The van der Waals surface area contributed by atoms with Gasteiger partial charge in [-0.15, -0.1) is 24.0 Å². The number of aryl methyl sites for hydroxylation is 1. The second-order valence-electron chi connectivity index (χ2n) is 8.27. The van der Waals surface area contributed by atoms with Gasteiger partial charge in [0.2, 0.25) is 0 Å². The van der Waals surface area contributed by atoms with Crippen LogP contribution in [0.5, 0.6) is 5.75 Å². The molecule has 0 aliphatic carbocycles. The largest absolute Gasteiger partial charge is 0.491 e. The molecule has 7 heteroatoms. The van der Waals surface area contributed by atoms with Gasteiger partial charge in [-0.1, -0.05) is 19.1 Å². The lowest BCUT2D eigenvalue weighted by Crippen LogP contribution is -2.44. The van der Waals surface area contributed by atoms with Gasteiger partial charge in [-0.25, -0.2) is 0 Å². The molecule has 0 spiro atoms. The molecule has 0 amide bonds. The van der Waals surface area contributed by atoms with Crippen molar-refractivity contribution in [3.8, 4) is 5.75 Å². The highest BCUT2D eigenvalue weighted by atomic mass is 127. The van der Waals surface area contributed by atoms with Crippen LogP contribution in [-0.4, -0.2) is 63.4 Å². The number of piperidine rings is 1. The Morgan fingerprint density at radius 3 is 2.87 bits per heavy atom. The van der Waals surface area contributed by atoms with Crippen LogP contribution in [0, 0.1) is 12.8 Å². The zero-order chi connectivity index (χ0) is 20.5. The number of halogens is 1. The fraction of sp³-hybridized carbons (Fsp3) is 0.696. The fourth-order valence-electron chi connectivity index (χ4n) is 4.15. The summed E-state index contributed by atoms with van der Waals surface area (Å²) in [5.41, 5.74) is 2.35. The van der Waals surface area contributed by atoms with Gasteiger partial charge in [-0.3, -0.25) is 4.99 Å². The predicted octanol–water partition coefficient (Wildman–Crippen LogP) is 3.57. The molecular weight excluding hydrogens is 491 g/mol. The number of hydrogen-bond acceptors (Lipinski definition) is 4. The maximum Gasteiger partial charge on any atom is 0.191 e. The molecule has 2 saturated heterocycles. The molecule has 2 unspecified atom stereocenters. The van der Waals surface area contributed by atoms with Gasteiger partial charge in [0.25, 0.3) is 0 Å². The average Bonchev–Trinajstić information content (AvgIpc) is 3.27. The second-order valence-corrected chi connectivity index (χ2v) is 8.27. The summed E-state index contributed by atoms with van der Waals surface area (Å²) in [5.74, 6) is 2.48. The molecule has 0 bridgehead atoms. The van der Waals surface area contributed by atoms with E-state index >= 15 is 0 Å². The molecule has 2 aliphatic rings. The van der Waals surface area contributed by atoms with E-state index in [0.29, 0.717) is 19.1 Å². The van der Waals surface area contributed by atoms with Crippen molar-refractivity contribution in [1.82, 2.24) is 15.5 Å². The summed E-state index contributed by atoms with van der Waals surface area (Å²) >= 11 is 0. The Hall–Kier alpha value is -1.06. The number of nitrogens with one attached hydrogen (secondary N) is 2. The highest BCUT2D eigenvalue weighted by molar-refractivity contribution is 14.0. The van der Waals surface area contributed by atoms with Crippen molar-refractivity contribution in [3.05, 3.63) is 29.3 Å². The minimum Gasteiger partial charge on any atom is -0.491 e. The Bertz CT molecular complexity index is 665. The van der Waals surface area contributed by atoms with Crippen LogP contribution in [0.3, 0.4) is 0 Å². The topological polar surface area (TPSA) is 58.1 Å². The number of aliphatic imine (C=N–C) groups is 1. The fourth-order valence-corrected chi connectivity index (χ4v) is 4.15. The molecule has 6 nitrogen and oxygen atoms in total. The van der Waals surface area contributed by atoms with Gasteiger partial charge in [0.1, 0.15) is 12.4 Å². The normalized spacial score (nSPS) is 22.4. The van der Waals surface area contributed by atoms with Crippen LogP contribution in [0.15, 0.2) is 23.2 Å². The summed E-state index contributed by atoms with van der Waals surface area (Å²) in [6, 6.07) is 6.39. The van der Waals surface area contributed by atoms with E-state index in [1.807, 2.05) is 7.05 Å². The van der Waals surface area contributed by atoms with E-state index in [2.05, 4.69) is 52.6 Å². The highest BCUT2D eigenvalue weighted by Gasteiger charge is 2.19. The maximum absolute atomic E-state index is 6.12. The number of likely N-dealkylation sites (tertiary alicyclic amines) is 1. The lowest BCUT2D eigenvalue weighted by Gasteiger charge is -2.32. The van der Waals surface area contributed by atoms with Crippen LogP contribution in [0.1, 0.15) is 43.7 Å². The quantitative estimate of drug-likeness (QED) is 0.306. The summed E-state index contributed by atoms with van der Waals surface area (Å²) in [6.07, 6.45) is 5.03. The Labute approximate surface area is 199 Å². The minimum absolute atomic E-state index is 0. The molecule has 0 saturated carbocycles. The van der Waals surface area contributed by atoms with Gasteiger partial charge in [0.05, 0.1) is 6.10 Å². The van der Waals surface area contributed by atoms with E-state index < -0.39 is 0 Å². The van der Waals surface area contributed by atoms with Crippen molar-refractivity contribution in [2.75, 3.05) is 46.4 Å². The third-order valence-corrected chi connectivity index (χ3v) is 5.95. The summed E-state index contributed by atoms with van der Waals surface area (Å²) in [4.78, 5) is 6.94. The lowest BCUT2D eigenvalue weighted by molar-refractivity contribution is 0.0676. The van der Waals surface area contributed by atoms with Crippen molar-refractivity contribution in [2.24, 2.45) is 10.9 Å². The van der Waals surface area contributed by atoms with Crippen molar-refractivity contribution in [3.63, 3.8) is 0 Å². The lowest BCUT2D eigenvalue weighted by atomic mass is 9.98. The molecule has 170 valence electrons. The van der Waals surface area contributed by atoms with E-state index in [-0.39, 0.29) is 30.1 Å². The second kappa shape index (κ2) is 13.4. The summed E-state index contributed by atoms with van der Waals surface area (Å²) in [7, 11) is 1.83. The molecule has 1 aromatic carbocycles. The van der Waals surface area contributed by atoms with Crippen molar-refractivity contribution in [1.29, 1.82) is 0 Å². The minimum atomic E-state index is 0. The van der Waals surface area contributed by atoms with E-state index in [0.717, 1.165) is 49.8 Å². The van der Waals surface area contributed by atoms with Gasteiger partial charge in [0, 0.05) is 38.9 Å². The number of nitrogens with zero attached hydrogens (tertiary/aromatic N) is 2. The first kappa shape index (κ1) is 25.2. The molecule has 30 heavy (non-hydrogen) atoms. The highest BCUT2D eigenvalue weighted by Crippen LogP contribution is 2.22. The Kier molecular flexibility index (Phi) is 11.2. The zero-order valence-electron chi connectivity index (χ0n) is 18.8. The van der Waals surface area contributed by atoms with Crippen molar-refractivity contribution >= 4 is 29.9 Å². The van der Waals surface area contributed by atoms with Gasteiger partial charge >= 0.3 is 0 Å². The van der Waals surface area contributed by atoms with Crippen LogP contribution in [0.25, 0.3) is 0 Å². The summed E-state index contributed by atoms with van der Waals surface area (Å²) < 4.78 is 11.8. The Morgan fingerprint density at radius 1 is 1.27 bits per heavy atom. The molecule has 2 N–H and O–H groups in total. The van der Waals surface area contributed by atoms with Crippen LogP contribution in [0.4, 0.5) is 0 Å². The monoisotopic (exact) mass is 530 g/mol. The number of benzene rings is 1. The van der Waals surface area contributed by atoms with Gasteiger partial charge in [0.15, 0.2) is 5.96 Å². The van der Waals surface area contributed by atoms with E-state index in [9.17, 15) is 0 Å². The smallest absolute Gasteiger partial charge is 0.191 e. The number of ether oxygens (including phenoxy) is 2. The third-order valence-electron chi connectivity index (χ3n) is 5.95.